The number of hydrogen-bond acceptors (Lipinski definition) is 4. The summed E-state index contributed by atoms with van der Waals surface area (Å²) in [7, 11) is 3.28. The molecule has 4 nitrogen and oxygen atoms in total. The number of rotatable bonds is 11. The van der Waals surface area contributed by atoms with Crippen LogP contribution in [0, 0.1) is 0 Å². The van der Waals surface area contributed by atoms with Crippen molar-refractivity contribution < 1.29 is 14.2 Å². The van der Waals surface area contributed by atoms with Crippen molar-refractivity contribution in [3.63, 3.8) is 0 Å². The van der Waals surface area contributed by atoms with Gasteiger partial charge in [0.15, 0.2) is 11.5 Å². The standard InChI is InChI=1S/C16H27NO3/c1-18-14-10-9-11-15(19-2)16(14)20-13-8-6-4-3-5-7-12-17/h9-11H,3-8,12-13,17H2,1-2H3. The molecule has 0 bridgehead atoms. The molecule has 2 N–H and O–H groups in total. The van der Waals surface area contributed by atoms with E-state index in [4.69, 9.17) is 19.9 Å². The van der Waals surface area contributed by atoms with Crippen LogP contribution in [0.5, 0.6) is 17.2 Å². The lowest BCUT2D eigenvalue weighted by atomic mass is 10.1. The zero-order chi connectivity index (χ0) is 14.6. The molecule has 0 heterocycles. The Labute approximate surface area is 122 Å². The summed E-state index contributed by atoms with van der Waals surface area (Å²) < 4.78 is 16.4. The van der Waals surface area contributed by atoms with E-state index in [-0.39, 0.29) is 0 Å². The monoisotopic (exact) mass is 281 g/mol. The number of unbranched alkanes of at least 4 members (excludes halogenated alkanes) is 5. The molecule has 0 aromatic heterocycles. The lowest BCUT2D eigenvalue weighted by molar-refractivity contribution is 0.267. The lowest BCUT2D eigenvalue weighted by Crippen LogP contribution is -2.01. The van der Waals surface area contributed by atoms with Crippen LogP contribution < -0.4 is 19.9 Å². The van der Waals surface area contributed by atoms with Crippen molar-refractivity contribution in [2.75, 3.05) is 27.4 Å². The predicted molar refractivity (Wildman–Crippen MR) is 81.8 cm³/mol. The molecule has 1 rings (SSSR count). The van der Waals surface area contributed by atoms with Crippen molar-refractivity contribution in [2.45, 2.75) is 38.5 Å². The van der Waals surface area contributed by atoms with Gasteiger partial charge in [-0.2, -0.15) is 0 Å². The highest BCUT2D eigenvalue weighted by molar-refractivity contribution is 5.51. The highest BCUT2D eigenvalue weighted by atomic mass is 16.5. The van der Waals surface area contributed by atoms with Gasteiger partial charge in [-0.3, -0.25) is 0 Å². The largest absolute Gasteiger partial charge is 0.493 e. The molecule has 0 spiro atoms. The van der Waals surface area contributed by atoms with Gasteiger partial charge in [0, 0.05) is 0 Å². The number of hydrogen-bond donors (Lipinski definition) is 1. The molecular weight excluding hydrogens is 254 g/mol. The fourth-order valence-electron chi connectivity index (χ4n) is 2.09. The van der Waals surface area contributed by atoms with E-state index in [0.717, 1.165) is 19.4 Å². The van der Waals surface area contributed by atoms with Gasteiger partial charge >= 0.3 is 0 Å². The van der Waals surface area contributed by atoms with Gasteiger partial charge in [0.25, 0.3) is 0 Å². The Bertz CT molecular complexity index is 346. The first-order valence-corrected chi connectivity index (χ1v) is 7.37. The summed E-state index contributed by atoms with van der Waals surface area (Å²) in [6.07, 6.45) is 7.10. The summed E-state index contributed by atoms with van der Waals surface area (Å²) in [5.74, 6) is 2.13. The SMILES string of the molecule is COc1cccc(OC)c1OCCCCCCCCN. The summed E-state index contributed by atoms with van der Waals surface area (Å²) >= 11 is 0. The average Bonchev–Trinajstić information content (AvgIpc) is 2.49. The van der Waals surface area contributed by atoms with Crippen LogP contribution in [0.4, 0.5) is 0 Å². The van der Waals surface area contributed by atoms with Crippen molar-refractivity contribution in [3.8, 4) is 17.2 Å². The molecular formula is C16H27NO3. The summed E-state index contributed by atoms with van der Waals surface area (Å²) in [5.41, 5.74) is 5.47. The minimum atomic E-state index is 0.688. The van der Waals surface area contributed by atoms with Gasteiger partial charge in [-0.25, -0.2) is 0 Å². The average molecular weight is 281 g/mol. The van der Waals surface area contributed by atoms with E-state index in [1.165, 1.54) is 25.7 Å². The zero-order valence-corrected chi connectivity index (χ0v) is 12.7. The zero-order valence-electron chi connectivity index (χ0n) is 12.7. The van der Waals surface area contributed by atoms with E-state index in [2.05, 4.69) is 0 Å². The Hall–Kier alpha value is -1.42. The fourth-order valence-corrected chi connectivity index (χ4v) is 2.09. The van der Waals surface area contributed by atoms with E-state index in [1.807, 2.05) is 18.2 Å². The summed E-state index contributed by atoms with van der Waals surface area (Å²) in [5, 5.41) is 0. The van der Waals surface area contributed by atoms with E-state index < -0.39 is 0 Å². The molecule has 20 heavy (non-hydrogen) atoms. The van der Waals surface area contributed by atoms with Crippen molar-refractivity contribution in [2.24, 2.45) is 5.73 Å². The summed E-state index contributed by atoms with van der Waals surface area (Å²) in [4.78, 5) is 0. The first-order valence-electron chi connectivity index (χ1n) is 7.37. The molecule has 0 fully saturated rings. The molecule has 0 atom stereocenters. The fraction of sp³-hybridized carbons (Fsp3) is 0.625. The number of ether oxygens (including phenoxy) is 3. The summed E-state index contributed by atoms with van der Waals surface area (Å²) in [6.45, 7) is 1.49. The molecule has 4 heteroatoms. The minimum Gasteiger partial charge on any atom is -0.493 e. The number of benzene rings is 1. The quantitative estimate of drug-likeness (QED) is 0.632. The second-order valence-electron chi connectivity index (χ2n) is 4.75. The first-order chi connectivity index (χ1) is 9.83. The molecule has 0 aliphatic heterocycles. The molecule has 0 saturated carbocycles. The Morgan fingerprint density at radius 3 is 1.95 bits per heavy atom. The summed E-state index contributed by atoms with van der Waals surface area (Å²) in [6, 6.07) is 5.65. The van der Waals surface area contributed by atoms with Gasteiger partial charge in [0.05, 0.1) is 20.8 Å². The van der Waals surface area contributed by atoms with Crippen LogP contribution in [0.3, 0.4) is 0 Å². The maximum Gasteiger partial charge on any atom is 0.203 e. The lowest BCUT2D eigenvalue weighted by Gasteiger charge is -2.13. The number of para-hydroxylation sites is 1. The van der Waals surface area contributed by atoms with Crippen LogP contribution in [0.2, 0.25) is 0 Å². The molecule has 114 valence electrons. The van der Waals surface area contributed by atoms with Gasteiger partial charge in [-0.05, 0) is 31.5 Å². The van der Waals surface area contributed by atoms with Gasteiger partial charge in [-0.15, -0.1) is 0 Å². The predicted octanol–water partition coefficient (Wildman–Crippen LogP) is 3.38. The van der Waals surface area contributed by atoms with Gasteiger partial charge in [0.1, 0.15) is 0 Å². The van der Waals surface area contributed by atoms with Crippen LogP contribution >= 0.6 is 0 Å². The minimum absolute atomic E-state index is 0.688. The second kappa shape index (κ2) is 10.4. The van der Waals surface area contributed by atoms with E-state index >= 15 is 0 Å². The third-order valence-corrected chi connectivity index (χ3v) is 3.23. The highest BCUT2D eigenvalue weighted by Gasteiger charge is 2.10. The van der Waals surface area contributed by atoms with E-state index in [9.17, 15) is 0 Å². The molecule has 0 radical (unpaired) electrons. The van der Waals surface area contributed by atoms with Gasteiger partial charge in [-0.1, -0.05) is 31.7 Å². The van der Waals surface area contributed by atoms with Crippen LogP contribution in [0.15, 0.2) is 18.2 Å². The molecule has 0 saturated heterocycles. The molecule has 1 aromatic carbocycles. The maximum absolute atomic E-state index is 5.81. The van der Waals surface area contributed by atoms with Crippen molar-refractivity contribution in [3.05, 3.63) is 18.2 Å². The molecule has 0 amide bonds. The van der Waals surface area contributed by atoms with Crippen LogP contribution in [-0.2, 0) is 0 Å². The number of methoxy groups -OCH3 is 2. The number of nitrogens with two attached hydrogens (primary N) is 1. The maximum atomic E-state index is 5.81. The Morgan fingerprint density at radius 2 is 1.40 bits per heavy atom. The van der Waals surface area contributed by atoms with Crippen LogP contribution in [-0.4, -0.2) is 27.4 Å². The first kappa shape index (κ1) is 16.6. The van der Waals surface area contributed by atoms with Gasteiger partial charge < -0.3 is 19.9 Å². The van der Waals surface area contributed by atoms with Crippen molar-refractivity contribution in [1.82, 2.24) is 0 Å². The Balaban J connectivity index is 2.27. The van der Waals surface area contributed by atoms with Crippen molar-refractivity contribution >= 4 is 0 Å². The van der Waals surface area contributed by atoms with E-state index in [0.29, 0.717) is 23.9 Å². The highest BCUT2D eigenvalue weighted by Crippen LogP contribution is 2.36. The van der Waals surface area contributed by atoms with Crippen LogP contribution in [0.25, 0.3) is 0 Å². The molecule has 0 aliphatic rings. The molecule has 1 aromatic rings. The molecule has 0 aliphatic carbocycles. The van der Waals surface area contributed by atoms with E-state index in [1.54, 1.807) is 14.2 Å². The Morgan fingerprint density at radius 1 is 0.850 bits per heavy atom. The topological polar surface area (TPSA) is 53.7 Å². The normalized spacial score (nSPS) is 10.3. The second-order valence-corrected chi connectivity index (χ2v) is 4.75. The third kappa shape index (κ3) is 5.70. The van der Waals surface area contributed by atoms with Crippen molar-refractivity contribution in [1.29, 1.82) is 0 Å². The van der Waals surface area contributed by atoms with Gasteiger partial charge in [0.2, 0.25) is 5.75 Å². The molecule has 0 unspecified atom stereocenters. The van der Waals surface area contributed by atoms with Crippen LogP contribution in [0.1, 0.15) is 38.5 Å². The third-order valence-electron chi connectivity index (χ3n) is 3.23. The Kier molecular flexibility index (Phi) is 8.63. The smallest absolute Gasteiger partial charge is 0.203 e.